The molecule has 0 spiro atoms. The van der Waals surface area contributed by atoms with Crippen LogP contribution in [0.15, 0.2) is 23.8 Å². The third-order valence-corrected chi connectivity index (χ3v) is 6.15. The standard InChI is InChI=1S/C15H22.C11H15Cl/c1-10(2)7-8-15-12(4)9-11(3)13(5)14(15)6;1-7-5-8(2)11(6-12)10(4)9(7)3/h7,9H,8H2,1-6H3;5H,6H2,1-4H3. The van der Waals surface area contributed by atoms with E-state index < -0.39 is 0 Å². The molecule has 0 saturated carbocycles. The number of aryl methyl sites for hydroxylation is 4. The van der Waals surface area contributed by atoms with Crippen molar-refractivity contribution in [3.63, 3.8) is 0 Å². The summed E-state index contributed by atoms with van der Waals surface area (Å²) < 4.78 is 0. The fourth-order valence-corrected chi connectivity index (χ4v) is 3.91. The van der Waals surface area contributed by atoms with Gasteiger partial charge >= 0.3 is 0 Å². The Morgan fingerprint density at radius 1 is 0.667 bits per heavy atom. The highest BCUT2D eigenvalue weighted by atomic mass is 35.5. The molecule has 0 atom stereocenters. The van der Waals surface area contributed by atoms with Crippen molar-refractivity contribution < 1.29 is 0 Å². The monoisotopic (exact) mass is 384 g/mol. The predicted molar refractivity (Wildman–Crippen MR) is 123 cm³/mol. The molecule has 0 aliphatic carbocycles. The first kappa shape index (κ1) is 23.5. The molecular weight excluding hydrogens is 348 g/mol. The lowest BCUT2D eigenvalue weighted by Gasteiger charge is -2.13. The van der Waals surface area contributed by atoms with Crippen molar-refractivity contribution in [3.05, 3.63) is 79.4 Å². The summed E-state index contributed by atoms with van der Waals surface area (Å²) in [5.41, 5.74) is 15.3. The van der Waals surface area contributed by atoms with Gasteiger partial charge in [0, 0.05) is 5.88 Å². The molecular formula is C26H37Cl. The molecule has 0 saturated heterocycles. The van der Waals surface area contributed by atoms with Crippen LogP contribution in [0.2, 0.25) is 0 Å². The molecule has 0 radical (unpaired) electrons. The van der Waals surface area contributed by atoms with Gasteiger partial charge in [-0.15, -0.1) is 11.6 Å². The molecule has 2 aromatic carbocycles. The fourth-order valence-electron chi connectivity index (χ4n) is 3.50. The predicted octanol–water partition coefficient (Wildman–Crippen LogP) is 8.09. The Morgan fingerprint density at radius 3 is 1.48 bits per heavy atom. The van der Waals surface area contributed by atoms with E-state index in [-0.39, 0.29) is 0 Å². The van der Waals surface area contributed by atoms with Crippen molar-refractivity contribution in [2.75, 3.05) is 0 Å². The van der Waals surface area contributed by atoms with Crippen LogP contribution >= 0.6 is 11.6 Å². The average Bonchev–Trinajstić information content (AvgIpc) is 2.58. The normalized spacial score (nSPS) is 10.3. The van der Waals surface area contributed by atoms with Crippen LogP contribution in [-0.2, 0) is 12.3 Å². The molecule has 2 rings (SSSR count). The maximum absolute atomic E-state index is 5.86. The number of halogens is 1. The van der Waals surface area contributed by atoms with E-state index in [0.29, 0.717) is 5.88 Å². The Balaban J connectivity index is 0.000000277. The zero-order valence-corrected chi connectivity index (χ0v) is 19.8. The Hall–Kier alpha value is -1.53. The van der Waals surface area contributed by atoms with E-state index in [2.05, 4.69) is 87.4 Å². The zero-order valence-electron chi connectivity index (χ0n) is 19.0. The molecule has 27 heavy (non-hydrogen) atoms. The van der Waals surface area contributed by atoms with Crippen LogP contribution in [0, 0.1) is 55.4 Å². The van der Waals surface area contributed by atoms with Gasteiger partial charge in [0.05, 0.1) is 0 Å². The number of hydrogen-bond donors (Lipinski definition) is 0. The van der Waals surface area contributed by atoms with Gasteiger partial charge in [0.1, 0.15) is 0 Å². The summed E-state index contributed by atoms with van der Waals surface area (Å²) in [4.78, 5) is 0. The van der Waals surface area contributed by atoms with E-state index in [4.69, 9.17) is 11.6 Å². The van der Waals surface area contributed by atoms with Gasteiger partial charge < -0.3 is 0 Å². The van der Waals surface area contributed by atoms with Crippen molar-refractivity contribution in [1.29, 1.82) is 0 Å². The molecule has 0 aromatic heterocycles. The molecule has 0 aliphatic rings. The largest absolute Gasteiger partial charge is 0.122 e. The summed E-state index contributed by atoms with van der Waals surface area (Å²) in [6, 6.07) is 4.51. The topological polar surface area (TPSA) is 0 Å². The summed E-state index contributed by atoms with van der Waals surface area (Å²) in [5.74, 6) is 0.624. The first-order valence-corrected chi connectivity index (χ1v) is 10.4. The quantitative estimate of drug-likeness (QED) is 0.370. The van der Waals surface area contributed by atoms with Gasteiger partial charge in [-0.2, -0.15) is 0 Å². The van der Waals surface area contributed by atoms with E-state index in [1.807, 2.05) is 0 Å². The first-order valence-electron chi connectivity index (χ1n) is 9.83. The van der Waals surface area contributed by atoms with Gasteiger partial charge in [-0.1, -0.05) is 23.8 Å². The number of benzene rings is 2. The minimum atomic E-state index is 0.624. The minimum Gasteiger partial charge on any atom is -0.122 e. The van der Waals surface area contributed by atoms with E-state index in [0.717, 1.165) is 6.42 Å². The number of allylic oxidation sites excluding steroid dienone is 2. The molecule has 0 nitrogen and oxygen atoms in total. The second kappa shape index (κ2) is 10.1. The molecule has 2 aromatic rings. The summed E-state index contributed by atoms with van der Waals surface area (Å²) >= 11 is 5.86. The zero-order chi connectivity index (χ0) is 20.9. The SMILES string of the molecule is CC(C)=CCc1c(C)cc(C)c(C)c1C.Cc1cc(C)c(CCl)c(C)c1C. The van der Waals surface area contributed by atoms with Crippen LogP contribution in [0.3, 0.4) is 0 Å². The molecule has 148 valence electrons. The molecule has 0 amide bonds. The van der Waals surface area contributed by atoms with Crippen molar-refractivity contribution >= 4 is 11.6 Å². The highest BCUT2D eigenvalue weighted by molar-refractivity contribution is 6.17. The lowest BCUT2D eigenvalue weighted by Crippen LogP contribution is -1.98. The third kappa shape index (κ3) is 5.98. The molecule has 0 N–H and O–H groups in total. The lowest BCUT2D eigenvalue weighted by atomic mass is 9.92. The van der Waals surface area contributed by atoms with Crippen LogP contribution in [0.4, 0.5) is 0 Å². The van der Waals surface area contributed by atoms with Crippen LogP contribution in [0.5, 0.6) is 0 Å². The van der Waals surface area contributed by atoms with Gasteiger partial charge in [-0.05, 0) is 131 Å². The van der Waals surface area contributed by atoms with E-state index in [1.54, 1.807) is 0 Å². The van der Waals surface area contributed by atoms with Gasteiger partial charge in [0.2, 0.25) is 0 Å². The highest BCUT2D eigenvalue weighted by Gasteiger charge is 2.07. The number of alkyl halides is 1. The molecule has 0 unspecified atom stereocenters. The number of hydrogen-bond acceptors (Lipinski definition) is 0. The Morgan fingerprint density at radius 2 is 1.07 bits per heavy atom. The summed E-state index contributed by atoms with van der Waals surface area (Å²) in [7, 11) is 0. The molecule has 0 bridgehead atoms. The number of rotatable bonds is 3. The maximum atomic E-state index is 5.86. The van der Waals surface area contributed by atoms with Crippen molar-refractivity contribution in [2.45, 2.75) is 81.5 Å². The van der Waals surface area contributed by atoms with Gasteiger partial charge in [-0.3, -0.25) is 0 Å². The Labute approximate surface area is 172 Å². The molecule has 0 aliphatic heterocycles. The fraction of sp³-hybridized carbons (Fsp3) is 0.462. The Bertz CT molecular complexity index is 834. The smallest absolute Gasteiger partial charge is 0.0479 e. The van der Waals surface area contributed by atoms with Gasteiger partial charge in [-0.25, -0.2) is 0 Å². The van der Waals surface area contributed by atoms with E-state index in [9.17, 15) is 0 Å². The van der Waals surface area contributed by atoms with Crippen LogP contribution in [-0.4, -0.2) is 0 Å². The second-order valence-corrected chi connectivity index (χ2v) is 8.36. The van der Waals surface area contributed by atoms with Crippen molar-refractivity contribution in [1.82, 2.24) is 0 Å². The van der Waals surface area contributed by atoms with E-state index >= 15 is 0 Å². The van der Waals surface area contributed by atoms with Crippen LogP contribution in [0.1, 0.15) is 69.5 Å². The maximum Gasteiger partial charge on any atom is 0.0479 e. The summed E-state index contributed by atoms with van der Waals surface area (Å²) in [6.07, 6.45) is 3.38. The van der Waals surface area contributed by atoms with Gasteiger partial charge in [0.25, 0.3) is 0 Å². The van der Waals surface area contributed by atoms with Crippen molar-refractivity contribution in [2.24, 2.45) is 0 Å². The van der Waals surface area contributed by atoms with Gasteiger partial charge in [0.15, 0.2) is 0 Å². The summed E-state index contributed by atoms with van der Waals surface area (Å²) in [6.45, 7) is 21.8. The molecule has 0 heterocycles. The molecule has 0 fully saturated rings. The second-order valence-electron chi connectivity index (χ2n) is 8.10. The lowest BCUT2D eigenvalue weighted by molar-refractivity contribution is 1.10. The van der Waals surface area contributed by atoms with E-state index in [1.165, 1.54) is 61.2 Å². The van der Waals surface area contributed by atoms with Crippen LogP contribution < -0.4 is 0 Å². The Kier molecular flexibility index (Phi) is 8.82. The summed E-state index contributed by atoms with van der Waals surface area (Å²) in [5, 5.41) is 0. The third-order valence-electron chi connectivity index (χ3n) is 5.88. The minimum absolute atomic E-state index is 0.624. The average molecular weight is 385 g/mol. The van der Waals surface area contributed by atoms with Crippen LogP contribution in [0.25, 0.3) is 0 Å². The highest BCUT2D eigenvalue weighted by Crippen LogP contribution is 2.23. The molecule has 1 heteroatoms. The van der Waals surface area contributed by atoms with Crippen molar-refractivity contribution in [3.8, 4) is 0 Å². The first-order chi connectivity index (χ1) is 12.5.